The van der Waals surface area contributed by atoms with Crippen molar-refractivity contribution in [3.8, 4) is 5.75 Å². The van der Waals surface area contributed by atoms with Gasteiger partial charge in [-0.1, -0.05) is 18.2 Å². The Morgan fingerprint density at radius 1 is 1.11 bits per heavy atom. The van der Waals surface area contributed by atoms with E-state index in [1.54, 1.807) is 6.08 Å². The summed E-state index contributed by atoms with van der Waals surface area (Å²) in [7, 11) is 0. The van der Waals surface area contributed by atoms with Crippen LogP contribution in [0.2, 0.25) is 0 Å². The Hall–Kier alpha value is -3.19. The quantitative estimate of drug-likeness (QED) is 0.526. The lowest BCUT2D eigenvalue weighted by atomic mass is 10.1. The number of ether oxygens (including phenoxy) is 1. The zero-order valence-corrected chi connectivity index (χ0v) is 15.8. The number of hydrogen-bond acceptors (Lipinski definition) is 5. The minimum absolute atomic E-state index is 0.190. The van der Waals surface area contributed by atoms with Crippen molar-refractivity contribution in [1.82, 2.24) is 15.8 Å². The summed E-state index contributed by atoms with van der Waals surface area (Å²) in [6, 6.07) is 13.5. The van der Waals surface area contributed by atoms with Crippen LogP contribution in [-0.4, -0.2) is 23.4 Å². The van der Waals surface area contributed by atoms with Gasteiger partial charge in [0.1, 0.15) is 10.8 Å². The zero-order chi connectivity index (χ0) is 19.2. The molecule has 6 nitrogen and oxygen atoms in total. The topological polar surface area (TPSA) is 80.3 Å². The second kappa shape index (κ2) is 8.46. The van der Waals surface area contributed by atoms with E-state index < -0.39 is 11.8 Å². The average molecular weight is 381 g/mol. The van der Waals surface area contributed by atoms with E-state index in [9.17, 15) is 9.59 Å². The number of thiazole rings is 1. The second-order valence-electron chi connectivity index (χ2n) is 6.00. The summed E-state index contributed by atoms with van der Waals surface area (Å²) in [5.41, 5.74) is 7.63. The zero-order valence-electron chi connectivity index (χ0n) is 15.0. The number of amides is 2. The molecule has 0 fully saturated rings. The number of para-hydroxylation sites is 1. The standard InChI is InChI=1S/C20H19N3O3S/c1-13-9-14(2)11-15(10-13)26-12-19(25)23-22-18(24)7-8-20-21-16-5-3-4-6-17(16)27-20/h3-11H,12H2,1-2H3,(H,22,24)(H,23,25)/b8-7+. The molecule has 0 aliphatic heterocycles. The third-order valence-corrected chi connectivity index (χ3v) is 4.58. The first-order valence-corrected chi connectivity index (χ1v) is 9.15. The van der Waals surface area contributed by atoms with E-state index in [1.807, 2.05) is 56.3 Å². The third-order valence-electron chi connectivity index (χ3n) is 3.58. The van der Waals surface area contributed by atoms with Gasteiger partial charge in [-0.25, -0.2) is 4.98 Å². The molecule has 2 aromatic carbocycles. The van der Waals surface area contributed by atoms with Crippen molar-refractivity contribution < 1.29 is 14.3 Å². The van der Waals surface area contributed by atoms with Crippen molar-refractivity contribution >= 4 is 39.4 Å². The lowest BCUT2D eigenvalue weighted by Gasteiger charge is -2.09. The van der Waals surface area contributed by atoms with Crippen LogP contribution in [0.1, 0.15) is 16.1 Å². The molecule has 2 N–H and O–H groups in total. The smallest absolute Gasteiger partial charge is 0.276 e. The minimum Gasteiger partial charge on any atom is -0.484 e. The number of benzene rings is 2. The van der Waals surface area contributed by atoms with E-state index in [2.05, 4.69) is 15.8 Å². The fraction of sp³-hybridized carbons (Fsp3) is 0.150. The number of carbonyl (C=O) groups is 2. The van der Waals surface area contributed by atoms with Crippen molar-refractivity contribution in [3.63, 3.8) is 0 Å². The van der Waals surface area contributed by atoms with Crippen molar-refractivity contribution in [2.24, 2.45) is 0 Å². The number of nitrogens with zero attached hydrogens (tertiary/aromatic N) is 1. The molecule has 27 heavy (non-hydrogen) atoms. The van der Waals surface area contributed by atoms with Gasteiger partial charge < -0.3 is 4.74 Å². The summed E-state index contributed by atoms with van der Waals surface area (Å²) in [5, 5.41) is 0.718. The van der Waals surface area contributed by atoms with Crippen molar-refractivity contribution in [2.45, 2.75) is 13.8 Å². The molecular weight excluding hydrogens is 362 g/mol. The van der Waals surface area contributed by atoms with Gasteiger partial charge in [0, 0.05) is 6.08 Å². The highest BCUT2D eigenvalue weighted by atomic mass is 32.1. The van der Waals surface area contributed by atoms with Crippen LogP contribution in [0.3, 0.4) is 0 Å². The van der Waals surface area contributed by atoms with Crippen LogP contribution in [-0.2, 0) is 9.59 Å². The number of aromatic nitrogens is 1. The average Bonchev–Trinajstić information content (AvgIpc) is 3.05. The molecule has 0 unspecified atom stereocenters. The first kappa shape index (κ1) is 18.6. The first-order chi connectivity index (χ1) is 13.0. The summed E-state index contributed by atoms with van der Waals surface area (Å²) < 4.78 is 6.49. The van der Waals surface area contributed by atoms with E-state index >= 15 is 0 Å². The molecular formula is C20H19N3O3S. The Kier molecular flexibility index (Phi) is 5.83. The van der Waals surface area contributed by atoms with Crippen LogP contribution in [0.5, 0.6) is 5.75 Å². The van der Waals surface area contributed by atoms with Crippen molar-refractivity contribution in [1.29, 1.82) is 0 Å². The SMILES string of the molecule is Cc1cc(C)cc(OCC(=O)NNC(=O)/C=C/c2nc3ccccc3s2)c1. The fourth-order valence-electron chi connectivity index (χ4n) is 2.48. The highest BCUT2D eigenvalue weighted by Gasteiger charge is 2.05. The Labute approximate surface area is 160 Å². The van der Waals surface area contributed by atoms with Gasteiger partial charge in [0.05, 0.1) is 10.2 Å². The van der Waals surface area contributed by atoms with Gasteiger partial charge in [-0.2, -0.15) is 0 Å². The molecule has 7 heteroatoms. The van der Waals surface area contributed by atoms with Gasteiger partial charge in [-0.3, -0.25) is 20.4 Å². The summed E-state index contributed by atoms with van der Waals surface area (Å²) >= 11 is 1.49. The van der Waals surface area contributed by atoms with Crippen LogP contribution in [0, 0.1) is 13.8 Å². The molecule has 1 aromatic heterocycles. The molecule has 0 aliphatic rings. The van der Waals surface area contributed by atoms with Crippen LogP contribution in [0.25, 0.3) is 16.3 Å². The highest BCUT2D eigenvalue weighted by molar-refractivity contribution is 7.19. The van der Waals surface area contributed by atoms with E-state index in [0.29, 0.717) is 5.75 Å². The number of nitrogens with one attached hydrogen (secondary N) is 2. The maximum absolute atomic E-state index is 11.8. The number of rotatable bonds is 5. The molecule has 3 rings (SSSR count). The molecule has 0 aliphatic carbocycles. The van der Waals surface area contributed by atoms with Gasteiger partial charge in [0.15, 0.2) is 6.61 Å². The largest absolute Gasteiger partial charge is 0.484 e. The van der Waals surface area contributed by atoms with Crippen LogP contribution < -0.4 is 15.6 Å². The maximum Gasteiger partial charge on any atom is 0.276 e. The Morgan fingerprint density at radius 2 is 1.85 bits per heavy atom. The Morgan fingerprint density at radius 3 is 2.59 bits per heavy atom. The number of aryl methyl sites for hydroxylation is 2. The summed E-state index contributed by atoms with van der Waals surface area (Å²) in [6.45, 7) is 3.72. The van der Waals surface area contributed by atoms with E-state index in [4.69, 9.17) is 4.74 Å². The van der Waals surface area contributed by atoms with E-state index in [1.165, 1.54) is 17.4 Å². The van der Waals surface area contributed by atoms with Gasteiger partial charge in [-0.05, 0) is 55.3 Å². The Balaban J connectivity index is 1.46. The molecule has 2 amide bonds. The van der Waals surface area contributed by atoms with Crippen molar-refractivity contribution in [3.05, 3.63) is 64.7 Å². The molecule has 0 saturated heterocycles. The third kappa shape index (κ3) is 5.39. The minimum atomic E-state index is -0.450. The molecule has 0 spiro atoms. The second-order valence-corrected chi connectivity index (χ2v) is 7.06. The van der Waals surface area contributed by atoms with E-state index in [-0.39, 0.29) is 6.61 Å². The normalized spacial score (nSPS) is 10.9. The summed E-state index contributed by atoms with van der Waals surface area (Å²) in [6.07, 6.45) is 2.93. The number of hydrogen-bond donors (Lipinski definition) is 2. The van der Waals surface area contributed by atoms with Crippen LogP contribution in [0.15, 0.2) is 48.5 Å². The van der Waals surface area contributed by atoms with Gasteiger partial charge >= 0.3 is 0 Å². The predicted molar refractivity (Wildman–Crippen MR) is 106 cm³/mol. The molecule has 138 valence electrons. The summed E-state index contributed by atoms with van der Waals surface area (Å²) in [4.78, 5) is 28.0. The maximum atomic E-state index is 11.8. The Bertz CT molecular complexity index is 957. The lowest BCUT2D eigenvalue weighted by Crippen LogP contribution is -2.43. The molecule has 0 bridgehead atoms. The van der Waals surface area contributed by atoms with Gasteiger partial charge in [0.25, 0.3) is 11.8 Å². The van der Waals surface area contributed by atoms with E-state index in [0.717, 1.165) is 26.4 Å². The molecule has 0 radical (unpaired) electrons. The highest BCUT2D eigenvalue weighted by Crippen LogP contribution is 2.22. The number of fused-ring (bicyclic) bond motifs is 1. The van der Waals surface area contributed by atoms with Crippen molar-refractivity contribution in [2.75, 3.05) is 6.61 Å². The van der Waals surface area contributed by atoms with Crippen LogP contribution >= 0.6 is 11.3 Å². The first-order valence-electron chi connectivity index (χ1n) is 8.33. The van der Waals surface area contributed by atoms with Gasteiger partial charge in [0.2, 0.25) is 0 Å². The lowest BCUT2D eigenvalue weighted by molar-refractivity contribution is -0.128. The molecule has 0 saturated carbocycles. The number of hydrazine groups is 1. The monoisotopic (exact) mass is 381 g/mol. The summed E-state index contributed by atoms with van der Waals surface area (Å²) in [5.74, 6) is -0.283. The van der Waals surface area contributed by atoms with Gasteiger partial charge in [-0.15, -0.1) is 11.3 Å². The number of carbonyl (C=O) groups excluding carboxylic acids is 2. The predicted octanol–water partition coefficient (Wildman–Crippen LogP) is 3.15. The molecule has 0 atom stereocenters. The molecule has 3 aromatic rings. The fourth-order valence-corrected chi connectivity index (χ4v) is 3.35. The van der Waals surface area contributed by atoms with Crippen LogP contribution in [0.4, 0.5) is 0 Å². The molecule has 1 heterocycles.